The van der Waals surface area contributed by atoms with Crippen LogP contribution >= 0.6 is 11.8 Å². The number of benzene rings is 1. The van der Waals surface area contributed by atoms with Crippen LogP contribution in [0.5, 0.6) is 0 Å². The Bertz CT molecular complexity index is 449. The SMILES string of the molecule is CCCNC(C)c1c(F)cccc1SC1CCCC(C)C1. The summed E-state index contributed by atoms with van der Waals surface area (Å²) in [5.41, 5.74) is 0.856. The van der Waals surface area contributed by atoms with Crippen LogP contribution in [0.15, 0.2) is 23.1 Å². The van der Waals surface area contributed by atoms with E-state index in [-0.39, 0.29) is 11.9 Å². The van der Waals surface area contributed by atoms with Gasteiger partial charge >= 0.3 is 0 Å². The Labute approximate surface area is 133 Å². The van der Waals surface area contributed by atoms with E-state index in [4.69, 9.17) is 0 Å². The highest BCUT2D eigenvalue weighted by Crippen LogP contribution is 2.39. The summed E-state index contributed by atoms with van der Waals surface area (Å²) >= 11 is 1.89. The van der Waals surface area contributed by atoms with Gasteiger partial charge in [-0.05, 0) is 50.8 Å². The molecular formula is C18H28FNS. The fourth-order valence-electron chi connectivity index (χ4n) is 3.17. The van der Waals surface area contributed by atoms with Gasteiger partial charge in [-0.25, -0.2) is 4.39 Å². The zero-order chi connectivity index (χ0) is 15.2. The highest BCUT2D eigenvalue weighted by atomic mass is 32.2. The Morgan fingerprint density at radius 1 is 1.38 bits per heavy atom. The van der Waals surface area contributed by atoms with Crippen molar-refractivity contribution in [2.45, 2.75) is 69.1 Å². The second kappa shape index (κ2) is 8.19. The summed E-state index contributed by atoms with van der Waals surface area (Å²) in [5.74, 6) is 0.740. The van der Waals surface area contributed by atoms with Crippen LogP contribution in [-0.2, 0) is 0 Å². The highest BCUT2D eigenvalue weighted by Gasteiger charge is 2.23. The maximum atomic E-state index is 14.3. The zero-order valence-corrected chi connectivity index (χ0v) is 14.3. The average molecular weight is 309 g/mol. The molecule has 1 aliphatic rings. The predicted octanol–water partition coefficient (Wildman–Crippen LogP) is 5.56. The quantitative estimate of drug-likeness (QED) is 0.738. The van der Waals surface area contributed by atoms with Crippen molar-refractivity contribution in [3.63, 3.8) is 0 Å². The summed E-state index contributed by atoms with van der Waals surface area (Å²) in [6.45, 7) is 7.48. The van der Waals surface area contributed by atoms with Crippen molar-refractivity contribution in [3.05, 3.63) is 29.6 Å². The third kappa shape index (κ3) is 4.72. The molecule has 0 aliphatic heterocycles. The van der Waals surface area contributed by atoms with E-state index in [2.05, 4.69) is 32.2 Å². The fourth-order valence-corrected chi connectivity index (χ4v) is 4.79. The maximum absolute atomic E-state index is 14.3. The number of rotatable bonds is 6. The van der Waals surface area contributed by atoms with Gasteiger partial charge < -0.3 is 5.32 Å². The van der Waals surface area contributed by atoms with Crippen molar-refractivity contribution >= 4 is 11.8 Å². The molecule has 0 aromatic heterocycles. The number of thioether (sulfide) groups is 1. The lowest BCUT2D eigenvalue weighted by Crippen LogP contribution is -2.21. The lowest BCUT2D eigenvalue weighted by atomic mass is 9.91. The molecule has 3 unspecified atom stereocenters. The van der Waals surface area contributed by atoms with Crippen LogP contribution in [0.3, 0.4) is 0 Å². The van der Waals surface area contributed by atoms with Crippen molar-refractivity contribution < 1.29 is 4.39 Å². The molecule has 3 heteroatoms. The van der Waals surface area contributed by atoms with Crippen LogP contribution in [-0.4, -0.2) is 11.8 Å². The molecule has 1 aromatic carbocycles. The van der Waals surface area contributed by atoms with E-state index in [1.807, 2.05) is 17.8 Å². The number of hydrogen-bond donors (Lipinski definition) is 1. The first-order valence-corrected chi connectivity index (χ1v) is 9.18. The number of hydrogen-bond acceptors (Lipinski definition) is 2. The molecule has 0 saturated heterocycles. The molecule has 0 bridgehead atoms. The van der Waals surface area contributed by atoms with Gasteiger partial charge in [0.1, 0.15) is 5.82 Å². The van der Waals surface area contributed by atoms with Gasteiger partial charge in [0.25, 0.3) is 0 Å². The van der Waals surface area contributed by atoms with E-state index in [1.54, 1.807) is 6.07 Å². The van der Waals surface area contributed by atoms with Gasteiger partial charge in [-0.15, -0.1) is 11.8 Å². The molecule has 1 aromatic rings. The minimum absolute atomic E-state index is 0.0695. The molecule has 3 atom stereocenters. The summed E-state index contributed by atoms with van der Waals surface area (Å²) in [4.78, 5) is 1.13. The Hall–Kier alpha value is -0.540. The van der Waals surface area contributed by atoms with Crippen molar-refractivity contribution in [1.29, 1.82) is 0 Å². The first kappa shape index (κ1) is 16.8. The van der Waals surface area contributed by atoms with Gasteiger partial charge in [0.15, 0.2) is 0 Å². The van der Waals surface area contributed by atoms with Crippen LogP contribution in [0.25, 0.3) is 0 Å². The number of halogens is 1. The first-order chi connectivity index (χ1) is 10.1. The summed E-state index contributed by atoms with van der Waals surface area (Å²) in [6, 6.07) is 5.61. The standard InChI is InChI=1S/C18H28FNS/c1-4-11-20-14(3)18-16(19)9-6-10-17(18)21-15-8-5-7-13(2)12-15/h6,9-10,13-15,20H,4-5,7-8,11-12H2,1-3H3. The van der Waals surface area contributed by atoms with Crippen molar-refractivity contribution in [3.8, 4) is 0 Å². The third-order valence-electron chi connectivity index (χ3n) is 4.33. The summed E-state index contributed by atoms with van der Waals surface area (Å²) in [5, 5.41) is 4.07. The molecule has 118 valence electrons. The monoisotopic (exact) mass is 309 g/mol. The molecule has 2 rings (SSSR count). The summed E-state index contributed by atoms with van der Waals surface area (Å²) in [7, 11) is 0. The maximum Gasteiger partial charge on any atom is 0.129 e. The lowest BCUT2D eigenvalue weighted by molar-refractivity contribution is 0.394. The van der Waals surface area contributed by atoms with E-state index in [0.29, 0.717) is 5.25 Å². The van der Waals surface area contributed by atoms with Crippen molar-refractivity contribution in [1.82, 2.24) is 5.32 Å². The molecule has 0 amide bonds. The number of nitrogens with one attached hydrogen (secondary N) is 1. The highest BCUT2D eigenvalue weighted by molar-refractivity contribution is 8.00. The smallest absolute Gasteiger partial charge is 0.129 e. The molecule has 1 N–H and O–H groups in total. The van der Waals surface area contributed by atoms with E-state index in [9.17, 15) is 4.39 Å². The van der Waals surface area contributed by atoms with Gasteiger partial charge in [-0.1, -0.05) is 32.8 Å². The Balaban J connectivity index is 2.12. The lowest BCUT2D eigenvalue weighted by Gasteiger charge is -2.27. The summed E-state index contributed by atoms with van der Waals surface area (Å²) in [6.07, 6.45) is 6.26. The van der Waals surface area contributed by atoms with Crippen LogP contribution in [0.2, 0.25) is 0 Å². The van der Waals surface area contributed by atoms with Gasteiger partial charge in [0, 0.05) is 21.8 Å². The zero-order valence-electron chi connectivity index (χ0n) is 13.5. The largest absolute Gasteiger partial charge is 0.310 e. The van der Waals surface area contributed by atoms with Crippen LogP contribution in [0.1, 0.15) is 64.5 Å². The van der Waals surface area contributed by atoms with E-state index in [0.717, 1.165) is 29.3 Å². The fraction of sp³-hybridized carbons (Fsp3) is 0.667. The molecule has 1 nitrogen and oxygen atoms in total. The molecule has 21 heavy (non-hydrogen) atoms. The second-order valence-electron chi connectivity index (χ2n) is 6.34. The van der Waals surface area contributed by atoms with Crippen LogP contribution in [0, 0.1) is 11.7 Å². The van der Waals surface area contributed by atoms with Crippen LogP contribution < -0.4 is 5.32 Å². The Kier molecular flexibility index (Phi) is 6.56. The van der Waals surface area contributed by atoms with Crippen molar-refractivity contribution in [2.75, 3.05) is 6.54 Å². The van der Waals surface area contributed by atoms with Crippen LogP contribution in [0.4, 0.5) is 4.39 Å². The molecular weight excluding hydrogens is 281 g/mol. The van der Waals surface area contributed by atoms with Gasteiger partial charge in [-0.2, -0.15) is 0 Å². The van der Waals surface area contributed by atoms with E-state index >= 15 is 0 Å². The van der Waals surface area contributed by atoms with E-state index < -0.39 is 0 Å². The predicted molar refractivity (Wildman–Crippen MR) is 90.4 cm³/mol. The molecule has 0 heterocycles. The van der Waals surface area contributed by atoms with Gasteiger partial charge in [-0.3, -0.25) is 0 Å². The average Bonchev–Trinajstić information content (AvgIpc) is 2.45. The minimum atomic E-state index is -0.0695. The molecule has 0 spiro atoms. The minimum Gasteiger partial charge on any atom is -0.310 e. The van der Waals surface area contributed by atoms with Gasteiger partial charge in [0.2, 0.25) is 0 Å². The molecule has 1 fully saturated rings. The summed E-state index contributed by atoms with van der Waals surface area (Å²) < 4.78 is 14.3. The van der Waals surface area contributed by atoms with Gasteiger partial charge in [0.05, 0.1) is 0 Å². The third-order valence-corrected chi connectivity index (χ3v) is 5.70. The van der Waals surface area contributed by atoms with E-state index in [1.165, 1.54) is 25.7 Å². The first-order valence-electron chi connectivity index (χ1n) is 8.30. The molecule has 1 aliphatic carbocycles. The second-order valence-corrected chi connectivity index (χ2v) is 7.68. The Morgan fingerprint density at radius 2 is 2.19 bits per heavy atom. The topological polar surface area (TPSA) is 12.0 Å². The molecule has 1 saturated carbocycles. The van der Waals surface area contributed by atoms with Crippen molar-refractivity contribution in [2.24, 2.45) is 5.92 Å². The normalized spacial score (nSPS) is 24.0. The Morgan fingerprint density at radius 3 is 2.90 bits per heavy atom. The molecule has 0 radical (unpaired) electrons.